The summed E-state index contributed by atoms with van der Waals surface area (Å²) >= 11 is 5.97. The molecule has 102 valence electrons. The predicted molar refractivity (Wildman–Crippen MR) is 76.4 cm³/mol. The third kappa shape index (κ3) is 2.30. The summed E-state index contributed by atoms with van der Waals surface area (Å²) in [5, 5.41) is 11.6. The molecular formula is C16H12ClFO2. The molecular weight excluding hydrogens is 279 g/mol. The van der Waals surface area contributed by atoms with E-state index in [9.17, 15) is 9.50 Å². The Hall–Kier alpha value is -1.84. The Labute approximate surface area is 120 Å². The zero-order valence-electron chi connectivity index (χ0n) is 10.7. The smallest absolute Gasteiger partial charge is 0.138 e. The number of rotatable bonds is 2. The van der Waals surface area contributed by atoms with Crippen molar-refractivity contribution < 1.29 is 13.9 Å². The van der Waals surface area contributed by atoms with Gasteiger partial charge in [0.2, 0.25) is 0 Å². The van der Waals surface area contributed by atoms with Gasteiger partial charge in [0.05, 0.1) is 0 Å². The molecule has 0 saturated heterocycles. The van der Waals surface area contributed by atoms with Crippen molar-refractivity contribution in [2.45, 2.75) is 13.0 Å². The molecule has 0 aliphatic carbocycles. The molecule has 0 saturated carbocycles. The fourth-order valence-corrected chi connectivity index (χ4v) is 2.29. The lowest BCUT2D eigenvalue weighted by atomic mass is 10.0. The number of hydrogen-bond donors (Lipinski definition) is 1. The third-order valence-electron chi connectivity index (χ3n) is 3.26. The van der Waals surface area contributed by atoms with Crippen LogP contribution in [0.1, 0.15) is 23.0 Å². The predicted octanol–water partition coefficient (Wildman–Crippen LogP) is 4.62. The van der Waals surface area contributed by atoms with Gasteiger partial charge in [0.25, 0.3) is 0 Å². The Bertz CT molecular complexity index is 779. The summed E-state index contributed by atoms with van der Waals surface area (Å²) in [6.07, 6.45) is -0.901. The maximum atomic E-state index is 13.1. The van der Waals surface area contributed by atoms with Crippen molar-refractivity contribution in [3.8, 4) is 0 Å². The van der Waals surface area contributed by atoms with E-state index in [2.05, 4.69) is 0 Å². The van der Waals surface area contributed by atoms with Crippen LogP contribution in [0.5, 0.6) is 0 Å². The van der Waals surface area contributed by atoms with Crippen LogP contribution in [0.4, 0.5) is 4.39 Å². The molecule has 0 aliphatic rings. The first-order valence-electron chi connectivity index (χ1n) is 6.18. The van der Waals surface area contributed by atoms with Crippen LogP contribution in [0, 0.1) is 12.7 Å². The van der Waals surface area contributed by atoms with E-state index < -0.39 is 6.10 Å². The molecule has 1 heterocycles. The summed E-state index contributed by atoms with van der Waals surface area (Å²) in [5.41, 5.74) is 2.11. The monoisotopic (exact) mass is 290 g/mol. The van der Waals surface area contributed by atoms with Gasteiger partial charge in [0.1, 0.15) is 23.3 Å². The Morgan fingerprint density at radius 3 is 2.70 bits per heavy atom. The van der Waals surface area contributed by atoms with E-state index in [-0.39, 0.29) is 5.82 Å². The largest absolute Gasteiger partial charge is 0.458 e. The SMILES string of the molecule is Cc1cc(C(O)c2cc3cc(F)ccc3o2)ccc1Cl. The number of furan rings is 1. The van der Waals surface area contributed by atoms with Crippen molar-refractivity contribution >= 4 is 22.6 Å². The van der Waals surface area contributed by atoms with Gasteiger partial charge in [-0.2, -0.15) is 0 Å². The molecule has 0 aliphatic heterocycles. The van der Waals surface area contributed by atoms with Crippen LogP contribution in [0.25, 0.3) is 11.0 Å². The first-order valence-corrected chi connectivity index (χ1v) is 6.55. The van der Waals surface area contributed by atoms with Crippen molar-refractivity contribution in [1.29, 1.82) is 0 Å². The highest BCUT2D eigenvalue weighted by atomic mass is 35.5. The molecule has 0 fully saturated rings. The summed E-state index contributed by atoms with van der Waals surface area (Å²) in [5.74, 6) is 0.0500. The van der Waals surface area contributed by atoms with Crippen LogP contribution >= 0.6 is 11.6 Å². The molecule has 0 bridgehead atoms. The minimum atomic E-state index is -0.901. The van der Waals surface area contributed by atoms with Crippen molar-refractivity contribution in [3.63, 3.8) is 0 Å². The number of aryl methyl sites for hydroxylation is 1. The highest BCUT2D eigenvalue weighted by Crippen LogP contribution is 2.30. The van der Waals surface area contributed by atoms with Crippen LogP contribution in [0.3, 0.4) is 0 Å². The summed E-state index contributed by atoms with van der Waals surface area (Å²) in [4.78, 5) is 0. The lowest BCUT2D eigenvalue weighted by Gasteiger charge is -2.09. The highest BCUT2D eigenvalue weighted by molar-refractivity contribution is 6.31. The molecule has 1 aromatic heterocycles. The summed E-state index contributed by atoms with van der Waals surface area (Å²) in [6, 6.07) is 11.2. The van der Waals surface area contributed by atoms with E-state index in [1.54, 1.807) is 30.3 Å². The van der Waals surface area contributed by atoms with Crippen LogP contribution in [0.15, 0.2) is 46.9 Å². The van der Waals surface area contributed by atoms with E-state index in [1.165, 1.54) is 12.1 Å². The van der Waals surface area contributed by atoms with Crippen molar-refractivity contribution in [2.75, 3.05) is 0 Å². The second-order valence-electron chi connectivity index (χ2n) is 4.74. The molecule has 3 rings (SSSR count). The number of aliphatic hydroxyl groups is 1. The molecule has 2 aromatic carbocycles. The minimum Gasteiger partial charge on any atom is -0.458 e. The standard InChI is InChI=1S/C16H12ClFO2/c1-9-6-10(2-4-13(9)17)16(19)15-8-11-7-12(18)3-5-14(11)20-15/h2-8,16,19H,1H3. The van der Waals surface area contributed by atoms with Gasteiger partial charge >= 0.3 is 0 Å². The van der Waals surface area contributed by atoms with E-state index >= 15 is 0 Å². The van der Waals surface area contributed by atoms with Crippen LogP contribution in [0.2, 0.25) is 5.02 Å². The van der Waals surface area contributed by atoms with Gasteiger partial charge in [-0.1, -0.05) is 23.7 Å². The lowest BCUT2D eigenvalue weighted by Crippen LogP contribution is -1.98. The number of aliphatic hydroxyl groups excluding tert-OH is 1. The van der Waals surface area contributed by atoms with Crippen LogP contribution in [-0.2, 0) is 0 Å². The second-order valence-corrected chi connectivity index (χ2v) is 5.15. The van der Waals surface area contributed by atoms with Crippen molar-refractivity contribution in [3.05, 3.63) is 70.2 Å². The molecule has 1 atom stereocenters. The van der Waals surface area contributed by atoms with Crippen LogP contribution in [-0.4, -0.2) is 5.11 Å². The minimum absolute atomic E-state index is 0.332. The number of halogens is 2. The lowest BCUT2D eigenvalue weighted by molar-refractivity contribution is 0.192. The van der Waals surface area contributed by atoms with Gasteiger partial charge in [-0.05, 0) is 48.4 Å². The van der Waals surface area contributed by atoms with Crippen molar-refractivity contribution in [1.82, 2.24) is 0 Å². The number of hydrogen-bond acceptors (Lipinski definition) is 2. The molecule has 0 radical (unpaired) electrons. The fourth-order valence-electron chi connectivity index (χ4n) is 2.17. The van der Waals surface area contributed by atoms with Gasteiger partial charge in [0.15, 0.2) is 0 Å². The average molecular weight is 291 g/mol. The Morgan fingerprint density at radius 2 is 1.95 bits per heavy atom. The zero-order valence-corrected chi connectivity index (χ0v) is 11.5. The van der Waals surface area contributed by atoms with Gasteiger partial charge in [0, 0.05) is 10.4 Å². The first kappa shape index (κ1) is 13.2. The summed E-state index contributed by atoms with van der Waals surface area (Å²) < 4.78 is 18.7. The molecule has 0 amide bonds. The summed E-state index contributed by atoms with van der Waals surface area (Å²) in [6.45, 7) is 1.87. The third-order valence-corrected chi connectivity index (χ3v) is 3.69. The maximum absolute atomic E-state index is 13.1. The van der Waals surface area contributed by atoms with E-state index in [0.29, 0.717) is 27.3 Å². The van der Waals surface area contributed by atoms with E-state index in [0.717, 1.165) is 5.56 Å². The van der Waals surface area contributed by atoms with Gasteiger partial charge < -0.3 is 9.52 Å². The zero-order chi connectivity index (χ0) is 14.3. The topological polar surface area (TPSA) is 33.4 Å². The van der Waals surface area contributed by atoms with Gasteiger partial charge in [-0.3, -0.25) is 0 Å². The van der Waals surface area contributed by atoms with E-state index in [1.807, 2.05) is 6.92 Å². The molecule has 20 heavy (non-hydrogen) atoms. The second kappa shape index (κ2) is 4.93. The Balaban J connectivity index is 2.02. The molecule has 1 N–H and O–H groups in total. The molecule has 3 aromatic rings. The first-order chi connectivity index (χ1) is 9.54. The Kier molecular flexibility index (Phi) is 3.24. The summed E-state index contributed by atoms with van der Waals surface area (Å²) in [7, 11) is 0. The molecule has 4 heteroatoms. The fraction of sp³-hybridized carbons (Fsp3) is 0.125. The molecule has 1 unspecified atom stereocenters. The van der Waals surface area contributed by atoms with Crippen LogP contribution < -0.4 is 0 Å². The highest BCUT2D eigenvalue weighted by Gasteiger charge is 2.16. The number of benzene rings is 2. The van der Waals surface area contributed by atoms with E-state index in [4.69, 9.17) is 16.0 Å². The molecule has 2 nitrogen and oxygen atoms in total. The quantitative estimate of drug-likeness (QED) is 0.747. The Morgan fingerprint density at radius 1 is 1.15 bits per heavy atom. The average Bonchev–Trinajstić information content (AvgIpc) is 2.84. The normalized spacial score (nSPS) is 12.8. The maximum Gasteiger partial charge on any atom is 0.138 e. The van der Waals surface area contributed by atoms with Crippen molar-refractivity contribution in [2.24, 2.45) is 0 Å². The van der Waals surface area contributed by atoms with Gasteiger partial charge in [-0.25, -0.2) is 4.39 Å². The molecule has 0 spiro atoms. The van der Waals surface area contributed by atoms with Gasteiger partial charge in [-0.15, -0.1) is 0 Å². The number of fused-ring (bicyclic) bond motifs is 1.